The lowest BCUT2D eigenvalue weighted by Gasteiger charge is -2.23. The molecule has 17 heavy (non-hydrogen) atoms. The number of piperidine rings is 1. The van der Waals surface area contributed by atoms with Crippen LogP contribution in [0.15, 0.2) is 18.3 Å². The maximum absolute atomic E-state index is 4.48. The summed E-state index contributed by atoms with van der Waals surface area (Å²) < 4.78 is 0. The number of aromatic nitrogens is 1. The second-order valence-corrected chi connectivity index (χ2v) is 4.81. The largest absolute Gasteiger partial charge is 0.317 e. The third-order valence-corrected chi connectivity index (χ3v) is 3.61. The normalized spacial score (nSPS) is 20.2. The molecule has 0 unspecified atom stereocenters. The molecule has 1 aromatic rings. The highest BCUT2D eigenvalue weighted by molar-refractivity contribution is 5.85. The van der Waals surface area contributed by atoms with Crippen molar-refractivity contribution in [3.8, 4) is 0 Å². The Morgan fingerprint density at radius 1 is 1.00 bits per heavy atom. The smallest absolute Gasteiger partial charge is 0.0437 e. The van der Waals surface area contributed by atoms with Crippen molar-refractivity contribution in [1.29, 1.82) is 0 Å². The fraction of sp³-hybridized carbons (Fsp3) is 0.615. The molecule has 1 saturated heterocycles. The molecule has 0 bridgehead atoms. The molecule has 0 amide bonds. The summed E-state index contributed by atoms with van der Waals surface area (Å²) in [5.74, 6) is 1.55. The summed E-state index contributed by atoms with van der Waals surface area (Å²) in [4.78, 5) is 4.48. The maximum Gasteiger partial charge on any atom is 0.0437 e. The van der Waals surface area contributed by atoms with E-state index < -0.39 is 0 Å². The average molecular weight is 275 g/mol. The van der Waals surface area contributed by atoms with Crippen LogP contribution in [0.5, 0.6) is 0 Å². The van der Waals surface area contributed by atoms with Crippen molar-refractivity contribution in [2.45, 2.75) is 37.5 Å². The van der Waals surface area contributed by atoms with Gasteiger partial charge in [0.2, 0.25) is 0 Å². The van der Waals surface area contributed by atoms with Crippen LogP contribution in [0.3, 0.4) is 0 Å². The Bertz CT molecular complexity index is 347. The summed E-state index contributed by atoms with van der Waals surface area (Å²) in [5.41, 5.74) is 2.86. The van der Waals surface area contributed by atoms with Gasteiger partial charge in [-0.05, 0) is 62.4 Å². The predicted octanol–water partition coefficient (Wildman–Crippen LogP) is 3.27. The van der Waals surface area contributed by atoms with Crippen LogP contribution in [0, 0.1) is 0 Å². The van der Waals surface area contributed by atoms with E-state index in [9.17, 15) is 0 Å². The molecule has 2 aliphatic rings. The first kappa shape index (κ1) is 14.7. The Morgan fingerprint density at radius 3 is 2.35 bits per heavy atom. The van der Waals surface area contributed by atoms with Gasteiger partial charge in [-0.3, -0.25) is 4.98 Å². The molecule has 0 spiro atoms. The van der Waals surface area contributed by atoms with Gasteiger partial charge in [-0.2, -0.15) is 0 Å². The number of nitrogens with zero attached hydrogens (tertiary/aromatic N) is 1. The van der Waals surface area contributed by atoms with Crippen LogP contribution in [-0.2, 0) is 0 Å². The molecule has 0 radical (unpaired) electrons. The van der Waals surface area contributed by atoms with E-state index in [-0.39, 0.29) is 24.8 Å². The SMILES string of the molecule is Cl.Cl.c1cc(C2CCNCC2)cc(C2CC2)n1. The van der Waals surface area contributed by atoms with E-state index in [0.29, 0.717) is 0 Å². The highest BCUT2D eigenvalue weighted by Gasteiger charge is 2.25. The average Bonchev–Trinajstić information content (AvgIpc) is 3.14. The second-order valence-electron chi connectivity index (χ2n) is 4.81. The highest BCUT2D eigenvalue weighted by atomic mass is 35.5. The standard InChI is InChI=1S/C13H18N2.2ClH/c1-2-11(1)13-9-12(5-8-15-13)10-3-6-14-7-4-10;;/h5,8-11,14H,1-4,6-7H2;2*1H. The molecule has 2 fully saturated rings. The van der Waals surface area contributed by atoms with Crippen molar-refractivity contribution < 1.29 is 0 Å². The van der Waals surface area contributed by atoms with Crippen LogP contribution >= 0.6 is 24.8 Å². The molecule has 96 valence electrons. The van der Waals surface area contributed by atoms with Gasteiger partial charge in [0, 0.05) is 17.8 Å². The van der Waals surface area contributed by atoms with Crippen LogP contribution in [0.4, 0.5) is 0 Å². The lowest BCUT2D eigenvalue weighted by Crippen LogP contribution is -2.26. The zero-order valence-corrected chi connectivity index (χ0v) is 11.5. The fourth-order valence-electron chi connectivity index (χ4n) is 2.48. The molecule has 3 rings (SSSR count). The van der Waals surface area contributed by atoms with Crippen molar-refractivity contribution in [2.75, 3.05) is 13.1 Å². The molecule has 0 atom stereocenters. The number of hydrogen-bond donors (Lipinski definition) is 1. The molecular weight excluding hydrogens is 255 g/mol. The van der Waals surface area contributed by atoms with E-state index in [1.54, 1.807) is 0 Å². The molecule has 4 heteroatoms. The first-order chi connectivity index (χ1) is 7.43. The Kier molecular flexibility index (Phi) is 5.71. The molecular formula is C13H20Cl2N2. The first-order valence-corrected chi connectivity index (χ1v) is 6.10. The molecule has 1 aliphatic carbocycles. The first-order valence-electron chi connectivity index (χ1n) is 6.10. The van der Waals surface area contributed by atoms with Crippen molar-refractivity contribution in [3.05, 3.63) is 29.6 Å². The van der Waals surface area contributed by atoms with Gasteiger partial charge < -0.3 is 5.32 Å². The summed E-state index contributed by atoms with van der Waals surface area (Å²) in [6.07, 6.45) is 7.28. The minimum atomic E-state index is 0. The van der Waals surface area contributed by atoms with E-state index in [2.05, 4.69) is 22.4 Å². The highest BCUT2D eigenvalue weighted by Crippen LogP contribution is 2.40. The van der Waals surface area contributed by atoms with Gasteiger partial charge in [0.15, 0.2) is 0 Å². The molecule has 2 nitrogen and oxygen atoms in total. The third-order valence-electron chi connectivity index (χ3n) is 3.61. The molecule has 0 aromatic carbocycles. The van der Waals surface area contributed by atoms with Crippen molar-refractivity contribution in [3.63, 3.8) is 0 Å². The number of hydrogen-bond acceptors (Lipinski definition) is 2. The molecule has 1 saturated carbocycles. The molecule has 1 N–H and O–H groups in total. The van der Waals surface area contributed by atoms with E-state index in [4.69, 9.17) is 0 Å². The van der Waals surface area contributed by atoms with Gasteiger partial charge >= 0.3 is 0 Å². The number of pyridine rings is 1. The van der Waals surface area contributed by atoms with Crippen LogP contribution in [-0.4, -0.2) is 18.1 Å². The molecule has 1 aliphatic heterocycles. The zero-order chi connectivity index (χ0) is 10.1. The lowest BCUT2D eigenvalue weighted by molar-refractivity contribution is 0.460. The van der Waals surface area contributed by atoms with Crippen LogP contribution in [0.25, 0.3) is 0 Å². The number of halogens is 2. The predicted molar refractivity (Wildman–Crippen MR) is 75.6 cm³/mol. The summed E-state index contributed by atoms with van der Waals surface area (Å²) >= 11 is 0. The third kappa shape index (κ3) is 3.57. The van der Waals surface area contributed by atoms with Crippen LogP contribution in [0.2, 0.25) is 0 Å². The zero-order valence-electron chi connectivity index (χ0n) is 9.89. The van der Waals surface area contributed by atoms with Crippen molar-refractivity contribution in [1.82, 2.24) is 10.3 Å². The molecule has 2 heterocycles. The summed E-state index contributed by atoms with van der Waals surface area (Å²) in [5, 5.41) is 3.42. The van der Waals surface area contributed by atoms with Crippen LogP contribution < -0.4 is 5.32 Å². The van der Waals surface area contributed by atoms with E-state index in [1.807, 2.05) is 6.20 Å². The minimum absolute atomic E-state index is 0. The van der Waals surface area contributed by atoms with Gasteiger partial charge in [0.25, 0.3) is 0 Å². The second kappa shape index (κ2) is 6.58. The van der Waals surface area contributed by atoms with Gasteiger partial charge in [-0.15, -0.1) is 24.8 Å². The maximum atomic E-state index is 4.48. The summed E-state index contributed by atoms with van der Waals surface area (Å²) in [6.45, 7) is 2.34. The van der Waals surface area contributed by atoms with E-state index in [1.165, 1.54) is 50.0 Å². The van der Waals surface area contributed by atoms with Crippen molar-refractivity contribution in [2.24, 2.45) is 0 Å². The summed E-state index contributed by atoms with van der Waals surface area (Å²) in [6, 6.07) is 4.56. The van der Waals surface area contributed by atoms with E-state index in [0.717, 1.165) is 11.8 Å². The lowest BCUT2D eigenvalue weighted by atomic mass is 9.90. The van der Waals surface area contributed by atoms with Crippen molar-refractivity contribution >= 4 is 24.8 Å². The molecule has 1 aromatic heterocycles. The topological polar surface area (TPSA) is 24.9 Å². The van der Waals surface area contributed by atoms with Gasteiger partial charge in [0.05, 0.1) is 0 Å². The van der Waals surface area contributed by atoms with Gasteiger partial charge in [-0.1, -0.05) is 0 Å². The van der Waals surface area contributed by atoms with Gasteiger partial charge in [-0.25, -0.2) is 0 Å². The Hall–Kier alpha value is -0.310. The fourth-order valence-corrected chi connectivity index (χ4v) is 2.48. The summed E-state index contributed by atoms with van der Waals surface area (Å²) in [7, 11) is 0. The van der Waals surface area contributed by atoms with E-state index >= 15 is 0 Å². The number of nitrogens with one attached hydrogen (secondary N) is 1. The number of rotatable bonds is 2. The Labute approximate surface area is 115 Å². The van der Waals surface area contributed by atoms with Crippen LogP contribution in [0.1, 0.15) is 48.8 Å². The minimum Gasteiger partial charge on any atom is -0.317 e. The Balaban J connectivity index is 0.000000722. The monoisotopic (exact) mass is 274 g/mol. The quantitative estimate of drug-likeness (QED) is 0.896. The Morgan fingerprint density at radius 2 is 1.71 bits per heavy atom. The van der Waals surface area contributed by atoms with Gasteiger partial charge in [0.1, 0.15) is 0 Å².